The minimum Gasteiger partial charge on any atom is -0.493 e. The Balaban J connectivity index is 1.52. The summed E-state index contributed by atoms with van der Waals surface area (Å²) in [5, 5.41) is 6.79. The fourth-order valence-corrected chi connectivity index (χ4v) is 3.35. The van der Waals surface area contributed by atoms with Gasteiger partial charge < -0.3 is 18.9 Å². The molecule has 2 aliphatic heterocycles. The zero-order valence-corrected chi connectivity index (χ0v) is 15.5. The van der Waals surface area contributed by atoms with Crippen LogP contribution in [0.3, 0.4) is 0 Å². The summed E-state index contributed by atoms with van der Waals surface area (Å²) in [6.07, 6.45) is 2.78. The molecule has 0 aliphatic carbocycles. The number of nitrogens with zero attached hydrogens (tertiary/aromatic N) is 2. The molecule has 0 radical (unpaired) electrons. The first-order valence-corrected chi connectivity index (χ1v) is 9.21. The fourth-order valence-electron chi connectivity index (χ4n) is 3.35. The maximum Gasteiger partial charge on any atom is 0.412 e. The number of ether oxygens (including phenoxy) is 4. The third-order valence-electron chi connectivity index (χ3n) is 4.59. The van der Waals surface area contributed by atoms with Crippen molar-refractivity contribution in [2.45, 2.75) is 32.4 Å². The van der Waals surface area contributed by atoms with Gasteiger partial charge in [-0.2, -0.15) is 5.10 Å². The first-order chi connectivity index (χ1) is 13.7. The lowest BCUT2D eigenvalue weighted by Gasteiger charge is -2.18. The van der Waals surface area contributed by atoms with Gasteiger partial charge in [0.1, 0.15) is 11.5 Å². The van der Waals surface area contributed by atoms with Crippen LogP contribution in [0.15, 0.2) is 24.5 Å². The highest BCUT2D eigenvalue weighted by Gasteiger charge is 2.30. The van der Waals surface area contributed by atoms with Crippen molar-refractivity contribution in [3.63, 3.8) is 0 Å². The Labute approximate surface area is 161 Å². The van der Waals surface area contributed by atoms with Crippen LogP contribution in [0, 0.1) is 0 Å². The molecule has 148 valence electrons. The summed E-state index contributed by atoms with van der Waals surface area (Å²) in [4.78, 5) is 24.8. The van der Waals surface area contributed by atoms with Crippen LogP contribution in [0.25, 0.3) is 0 Å². The van der Waals surface area contributed by atoms with Crippen LogP contribution in [0.2, 0.25) is 0 Å². The summed E-state index contributed by atoms with van der Waals surface area (Å²) in [5.41, 5.74) is 2.40. The second kappa shape index (κ2) is 7.79. The Kier molecular flexibility index (Phi) is 5.05. The number of amides is 1. The van der Waals surface area contributed by atoms with Crippen LogP contribution in [0.5, 0.6) is 11.5 Å². The van der Waals surface area contributed by atoms with Gasteiger partial charge in [0.25, 0.3) is 0 Å². The third kappa shape index (κ3) is 3.60. The van der Waals surface area contributed by atoms with Gasteiger partial charge in [-0.05, 0) is 19.1 Å². The number of hydrogen-bond acceptors (Lipinski definition) is 7. The van der Waals surface area contributed by atoms with Crippen molar-refractivity contribution >= 4 is 17.7 Å². The number of carbonyl (C=O) groups is 2. The van der Waals surface area contributed by atoms with Crippen LogP contribution in [-0.2, 0) is 33.7 Å². The van der Waals surface area contributed by atoms with Crippen molar-refractivity contribution in [1.29, 1.82) is 0 Å². The van der Waals surface area contributed by atoms with Gasteiger partial charge in [-0.1, -0.05) is 0 Å². The van der Waals surface area contributed by atoms with Crippen molar-refractivity contribution in [2.75, 3.05) is 25.1 Å². The van der Waals surface area contributed by atoms with E-state index in [1.165, 1.54) is 4.68 Å². The van der Waals surface area contributed by atoms with Gasteiger partial charge in [0, 0.05) is 36.4 Å². The first kappa shape index (κ1) is 18.1. The zero-order valence-electron chi connectivity index (χ0n) is 15.5. The van der Waals surface area contributed by atoms with E-state index in [0.29, 0.717) is 31.1 Å². The number of rotatable bonds is 6. The van der Waals surface area contributed by atoms with E-state index in [1.54, 1.807) is 25.4 Å². The van der Waals surface area contributed by atoms with Gasteiger partial charge in [-0.15, -0.1) is 0 Å². The van der Waals surface area contributed by atoms with E-state index in [-0.39, 0.29) is 13.2 Å². The van der Waals surface area contributed by atoms with Crippen molar-refractivity contribution < 1.29 is 28.5 Å². The van der Waals surface area contributed by atoms with Gasteiger partial charge >= 0.3 is 12.1 Å². The molecule has 1 N–H and O–H groups in total. The predicted octanol–water partition coefficient (Wildman–Crippen LogP) is 1.93. The molecule has 0 spiro atoms. The molecular formula is C19H21N3O6. The number of benzene rings is 1. The molecule has 4 rings (SSSR count). The number of hydrogen-bond donors (Lipinski definition) is 1. The molecule has 1 aromatic heterocycles. The van der Waals surface area contributed by atoms with Crippen LogP contribution in [-0.4, -0.2) is 47.8 Å². The standard InChI is InChI=1S/C19H21N3O6/c1-2-25-18(23)15(11-22-7-3-6-20-22)28-19(24)21-16-13-5-9-26-14(13)10-12-4-8-27-17(12)16/h3,6-7,10,15H,2,4-5,8-9,11H2,1H3,(H,21,24). The van der Waals surface area contributed by atoms with E-state index in [9.17, 15) is 9.59 Å². The lowest BCUT2D eigenvalue weighted by Crippen LogP contribution is -2.35. The molecule has 28 heavy (non-hydrogen) atoms. The van der Waals surface area contributed by atoms with Crippen molar-refractivity contribution in [1.82, 2.24) is 9.78 Å². The van der Waals surface area contributed by atoms with Crippen LogP contribution < -0.4 is 14.8 Å². The summed E-state index contributed by atoms with van der Waals surface area (Å²) in [5.74, 6) is 0.759. The Hall–Kier alpha value is -3.23. The number of nitrogens with one attached hydrogen (secondary N) is 1. The van der Waals surface area contributed by atoms with E-state index in [4.69, 9.17) is 18.9 Å². The van der Waals surface area contributed by atoms with Crippen LogP contribution in [0.1, 0.15) is 18.1 Å². The summed E-state index contributed by atoms with van der Waals surface area (Å²) >= 11 is 0. The van der Waals surface area contributed by atoms with Crippen molar-refractivity contribution in [3.8, 4) is 11.5 Å². The quantitative estimate of drug-likeness (QED) is 0.756. The summed E-state index contributed by atoms with van der Waals surface area (Å²) in [6, 6.07) is 3.68. The maximum atomic E-state index is 12.6. The summed E-state index contributed by atoms with van der Waals surface area (Å²) < 4.78 is 23.2. The second-order valence-corrected chi connectivity index (χ2v) is 6.41. The third-order valence-corrected chi connectivity index (χ3v) is 4.59. The summed E-state index contributed by atoms with van der Waals surface area (Å²) in [6.45, 7) is 3.03. The molecule has 0 saturated carbocycles. The molecule has 0 bridgehead atoms. The maximum absolute atomic E-state index is 12.6. The lowest BCUT2D eigenvalue weighted by atomic mass is 10.0. The average Bonchev–Trinajstić information content (AvgIpc) is 3.42. The highest BCUT2D eigenvalue weighted by molar-refractivity contribution is 5.91. The highest BCUT2D eigenvalue weighted by atomic mass is 16.6. The van der Waals surface area contributed by atoms with Gasteiger partial charge in [0.05, 0.1) is 32.1 Å². The molecule has 0 fully saturated rings. The molecule has 1 amide bonds. The first-order valence-electron chi connectivity index (χ1n) is 9.21. The lowest BCUT2D eigenvalue weighted by molar-refractivity contribution is -0.153. The molecular weight excluding hydrogens is 366 g/mol. The van der Waals surface area contributed by atoms with E-state index in [2.05, 4.69) is 10.4 Å². The van der Waals surface area contributed by atoms with Gasteiger partial charge in [-0.25, -0.2) is 9.59 Å². The van der Waals surface area contributed by atoms with Crippen LogP contribution in [0.4, 0.5) is 10.5 Å². The molecule has 9 nitrogen and oxygen atoms in total. The Morgan fingerprint density at radius 1 is 1.32 bits per heavy atom. The number of carbonyl (C=O) groups excluding carboxylic acids is 2. The van der Waals surface area contributed by atoms with E-state index >= 15 is 0 Å². The minimum atomic E-state index is -1.12. The van der Waals surface area contributed by atoms with E-state index in [1.807, 2.05) is 6.07 Å². The summed E-state index contributed by atoms with van der Waals surface area (Å²) in [7, 11) is 0. The predicted molar refractivity (Wildman–Crippen MR) is 97.6 cm³/mol. The number of esters is 1. The minimum absolute atomic E-state index is 0.0594. The Morgan fingerprint density at radius 2 is 2.18 bits per heavy atom. The molecule has 0 saturated heterocycles. The normalized spacial score (nSPS) is 15.0. The van der Waals surface area contributed by atoms with Crippen molar-refractivity contribution in [2.24, 2.45) is 0 Å². The number of fused-ring (bicyclic) bond motifs is 2. The van der Waals surface area contributed by atoms with Gasteiger partial charge in [-0.3, -0.25) is 10.00 Å². The number of anilines is 1. The van der Waals surface area contributed by atoms with Gasteiger partial charge in [0.15, 0.2) is 0 Å². The van der Waals surface area contributed by atoms with E-state index < -0.39 is 18.2 Å². The fraction of sp³-hybridized carbons (Fsp3) is 0.421. The SMILES string of the molecule is CCOC(=O)C(Cn1cccn1)OC(=O)Nc1c2c(cc3c1OCC3)OCC2. The second-order valence-electron chi connectivity index (χ2n) is 6.41. The Bertz CT molecular complexity index is 848. The highest BCUT2D eigenvalue weighted by Crippen LogP contribution is 2.44. The number of aromatic nitrogens is 2. The Morgan fingerprint density at radius 3 is 2.96 bits per heavy atom. The monoisotopic (exact) mass is 387 g/mol. The topological polar surface area (TPSA) is 101 Å². The molecule has 2 aromatic rings. The zero-order chi connectivity index (χ0) is 19.5. The molecule has 1 unspecified atom stereocenters. The molecule has 3 heterocycles. The smallest absolute Gasteiger partial charge is 0.412 e. The largest absolute Gasteiger partial charge is 0.493 e. The van der Waals surface area contributed by atoms with E-state index in [0.717, 1.165) is 23.3 Å². The van der Waals surface area contributed by atoms with Crippen LogP contribution >= 0.6 is 0 Å². The average molecular weight is 387 g/mol. The molecule has 2 aliphatic rings. The van der Waals surface area contributed by atoms with Gasteiger partial charge in [0.2, 0.25) is 6.10 Å². The molecule has 1 aromatic carbocycles. The van der Waals surface area contributed by atoms with Crippen molar-refractivity contribution in [3.05, 3.63) is 35.7 Å². The molecule has 1 atom stereocenters. The molecule has 9 heteroatoms.